The lowest BCUT2D eigenvalue weighted by Gasteiger charge is -1.95. The third-order valence-corrected chi connectivity index (χ3v) is 3.10. The van der Waals surface area contributed by atoms with E-state index in [4.69, 9.17) is 0 Å². The van der Waals surface area contributed by atoms with Gasteiger partial charge in [0.15, 0.2) is 0 Å². The highest BCUT2D eigenvalue weighted by Crippen LogP contribution is 2.27. The molecule has 2 rings (SSSR count). The zero-order valence-electron chi connectivity index (χ0n) is 6.60. The molecule has 0 aromatic carbocycles. The molecule has 0 saturated heterocycles. The van der Waals surface area contributed by atoms with Crippen molar-refractivity contribution in [2.45, 2.75) is 12.8 Å². The Kier molecular flexibility index (Phi) is 2.46. The minimum absolute atomic E-state index is 0.970. The third-order valence-electron chi connectivity index (χ3n) is 1.76. The number of allylic oxidation sites excluding steroid dienone is 2. The van der Waals surface area contributed by atoms with Gasteiger partial charge in [-0.1, -0.05) is 18.9 Å². The highest BCUT2D eigenvalue weighted by atomic mass is 32.2. The Balaban J connectivity index is 2.03. The molecule has 0 N–H and O–H groups in total. The monoisotopic (exact) mass is 198 g/mol. The lowest BCUT2D eigenvalue weighted by Crippen LogP contribution is -1.84. The van der Waals surface area contributed by atoms with E-state index in [-0.39, 0.29) is 0 Å². The van der Waals surface area contributed by atoms with Gasteiger partial charge in [0.25, 0.3) is 0 Å². The van der Waals surface area contributed by atoms with E-state index in [2.05, 4.69) is 23.9 Å². The highest BCUT2D eigenvalue weighted by molar-refractivity contribution is 8.03. The molecule has 0 unspecified atom stereocenters. The van der Waals surface area contributed by atoms with Crippen LogP contribution in [-0.2, 0) is 6.42 Å². The van der Waals surface area contributed by atoms with Crippen LogP contribution < -0.4 is 0 Å². The molecule has 0 spiro atoms. The number of nitrogens with zero attached hydrogens (tertiary/aromatic N) is 2. The van der Waals surface area contributed by atoms with Crippen LogP contribution in [0.4, 0.5) is 0 Å². The van der Waals surface area contributed by atoms with Gasteiger partial charge in [-0.3, -0.25) is 3.97 Å². The van der Waals surface area contributed by atoms with Crippen molar-refractivity contribution in [3.05, 3.63) is 29.2 Å². The molecule has 1 aliphatic rings. The van der Waals surface area contributed by atoms with Gasteiger partial charge in [0.2, 0.25) is 0 Å². The second-order valence-corrected chi connectivity index (χ2v) is 4.41. The Labute approximate surface area is 81.6 Å². The topological polar surface area (TPSA) is 17.8 Å². The zero-order valence-corrected chi connectivity index (χ0v) is 8.31. The van der Waals surface area contributed by atoms with Crippen molar-refractivity contribution in [1.82, 2.24) is 8.96 Å². The zero-order chi connectivity index (χ0) is 8.39. The number of thioether (sulfide) groups is 1. The van der Waals surface area contributed by atoms with Gasteiger partial charge in [-0.15, -0.1) is 11.8 Å². The number of aromatic nitrogens is 2. The smallest absolute Gasteiger partial charge is 0.105 e. The second-order valence-electron chi connectivity index (χ2n) is 2.73. The first-order valence-electron chi connectivity index (χ1n) is 3.88. The summed E-state index contributed by atoms with van der Waals surface area (Å²) >= 11 is 6.06. The SMILES string of the molecule is Sn1cnc(CC2=CCCS2)c1. The van der Waals surface area contributed by atoms with Crippen molar-refractivity contribution in [3.63, 3.8) is 0 Å². The molecule has 0 amide bonds. The van der Waals surface area contributed by atoms with E-state index in [1.807, 2.05) is 18.0 Å². The van der Waals surface area contributed by atoms with E-state index >= 15 is 0 Å². The number of imidazole rings is 1. The normalized spacial score (nSPS) is 16.6. The van der Waals surface area contributed by atoms with Crippen LogP contribution in [0.25, 0.3) is 0 Å². The van der Waals surface area contributed by atoms with E-state index in [0.29, 0.717) is 0 Å². The summed E-state index contributed by atoms with van der Waals surface area (Å²) in [5, 5.41) is 0. The van der Waals surface area contributed by atoms with Crippen molar-refractivity contribution >= 4 is 24.6 Å². The Bertz CT molecular complexity index is 304. The van der Waals surface area contributed by atoms with Crippen LogP contribution in [-0.4, -0.2) is 14.7 Å². The van der Waals surface area contributed by atoms with Crippen molar-refractivity contribution in [1.29, 1.82) is 0 Å². The van der Waals surface area contributed by atoms with Crippen LogP contribution in [0.2, 0.25) is 0 Å². The van der Waals surface area contributed by atoms with Gasteiger partial charge in [0.05, 0.1) is 5.69 Å². The van der Waals surface area contributed by atoms with Crippen LogP contribution in [0, 0.1) is 0 Å². The average molecular weight is 198 g/mol. The fourth-order valence-electron chi connectivity index (χ4n) is 1.21. The fourth-order valence-corrected chi connectivity index (χ4v) is 2.38. The number of thiol groups is 1. The molecule has 12 heavy (non-hydrogen) atoms. The van der Waals surface area contributed by atoms with Gasteiger partial charge < -0.3 is 0 Å². The molecule has 0 fully saturated rings. The lowest BCUT2D eigenvalue weighted by atomic mass is 10.3. The lowest BCUT2D eigenvalue weighted by molar-refractivity contribution is 1.13. The summed E-state index contributed by atoms with van der Waals surface area (Å²) in [4.78, 5) is 5.66. The van der Waals surface area contributed by atoms with Gasteiger partial charge in [-0.25, -0.2) is 4.98 Å². The van der Waals surface area contributed by atoms with E-state index in [9.17, 15) is 0 Å². The van der Waals surface area contributed by atoms with E-state index < -0.39 is 0 Å². The summed E-state index contributed by atoms with van der Waals surface area (Å²) in [7, 11) is 0. The van der Waals surface area contributed by atoms with Crippen molar-refractivity contribution < 1.29 is 0 Å². The molecule has 0 aliphatic carbocycles. The Morgan fingerprint density at radius 3 is 3.17 bits per heavy atom. The highest BCUT2D eigenvalue weighted by Gasteiger charge is 2.07. The molecule has 0 atom stereocenters. The van der Waals surface area contributed by atoms with Crippen LogP contribution in [0.3, 0.4) is 0 Å². The molecular weight excluding hydrogens is 188 g/mol. The summed E-state index contributed by atoms with van der Waals surface area (Å²) < 4.78 is 1.69. The summed E-state index contributed by atoms with van der Waals surface area (Å²) in [5.74, 6) is 1.23. The van der Waals surface area contributed by atoms with E-state index in [0.717, 1.165) is 12.1 Å². The first-order valence-corrected chi connectivity index (χ1v) is 5.27. The first-order chi connectivity index (χ1) is 5.84. The maximum atomic E-state index is 4.21. The maximum absolute atomic E-state index is 4.21. The molecule has 64 valence electrons. The van der Waals surface area contributed by atoms with Gasteiger partial charge in [0, 0.05) is 18.4 Å². The third kappa shape index (κ3) is 1.87. The molecule has 4 heteroatoms. The van der Waals surface area contributed by atoms with Crippen LogP contribution >= 0.6 is 24.6 Å². The maximum Gasteiger partial charge on any atom is 0.105 e. The number of rotatable bonds is 2. The van der Waals surface area contributed by atoms with E-state index in [1.165, 1.54) is 17.1 Å². The predicted octanol–water partition coefficient (Wildman–Crippen LogP) is 2.14. The predicted molar refractivity (Wildman–Crippen MR) is 55.5 cm³/mol. The Morgan fingerprint density at radius 1 is 1.67 bits per heavy atom. The summed E-state index contributed by atoms with van der Waals surface area (Å²) in [6.07, 6.45) is 8.14. The molecule has 1 aliphatic heterocycles. The Hall–Kier alpha value is -0.350. The standard InChI is InChI=1S/C8H10N2S2/c11-10-5-7(9-6-10)4-8-2-1-3-12-8/h2,5-6,11H,1,3-4H2. The number of hydrogen-bond donors (Lipinski definition) is 1. The summed E-state index contributed by atoms with van der Waals surface area (Å²) in [5.41, 5.74) is 1.10. The van der Waals surface area contributed by atoms with Crippen LogP contribution in [0.15, 0.2) is 23.5 Å². The van der Waals surface area contributed by atoms with Gasteiger partial charge >= 0.3 is 0 Å². The fraction of sp³-hybridized carbons (Fsp3) is 0.375. The molecule has 0 saturated carbocycles. The minimum atomic E-state index is 0.970. The molecule has 0 radical (unpaired) electrons. The molecular formula is C8H10N2S2. The minimum Gasteiger partial charge on any atom is -0.283 e. The van der Waals surface area contributed by atoms with Crippen molar-refractivity contribution in [3.8, 4) is 0 Å². The molecule has 1 aromatic heterocycles. The average Bonchev–Trinajstić information content (AvgIpc) is 2.63. The summed E-state index contributed by atoms with van der Waals surface area (Å²) in [6.45, 7) is 0. The molecule has 2 heterocycles. The van der Waals surface area contributed by atoms with Gasteiger partial charge in [-0.2, -0.15) is 0 Å². The molecule has 0 bridgehead atoms. The largest absolute Gasteiger partial charge is 0.283 e. The van der Waals surface area contributed by atoms with E-state index in [1.54, 1.807) is 10.3 Å². The first kappa shape index (κ1) is 8.26. The quantitative estimate of drug-likeness (QED) is 0.734. The second kappa shape index (κ2) is 3.58. The van der Waals surface area contributed by atoms with Gasteiger partial charge in [-0.05, 0) is 11.3 Å². The molecule has 1 aromatic rings. The van der Waals surface area contributed by atoms with Crippen molar-refractivity contribution in [2.75, 3.05) is 5.75 Å². The number of hydrogen-bond acceptors (Lipinski definition) is 3. The van der Waals surface area contributed by atoms with Gasteiger partial charge in [0.1, 0.15) is 6.33 Å². The Morgan fingerprint density at radius 2 is 2.58 bits per heavy atom. The van der Waals surface area contributed by atoms with Crippen LogP contribution in [0.1, 0.15) is 12.1 Å². The molecule has 2 nitrogen and oxygen atoms in total. The van der Waals surface area contributed by atoms with Crippen molar-refractivity contribution in [2.24, 2.45) is 0 Å². The summed E-state index contributed by atoms with van der Waals surface area (Å²) in [6, 6.07) is 0. The van der Waals surface area contributed by atoms with Crippen LogP contribution in [0.5, 0.6) is 0 Å².